The Morgan fingerprint density at radius 3 is 2.95 bits per heavy atom. The van der Waals surface area contributed by atoms with Gasteiger partial charge in [-0.25, -0.2) is 0 Å². The van der Waals surface area contributed by atoms with E-state index in [0.717, 1.165) is 30.7 Å². The molecular weight excluding hydrogens is 254 g/mol. The summed E-state index contributed by atoms with van der Waals surface area (Å²) in [6, 6.07) is 7.60. The number of carbonyl (C=O) groups is 1. The third-order valence-corrected chi connectivity index (χ3v) is 3.91. The molecule has 1 unspecified atom stereocenters. The molecule has 1 heterocycles. The second-order valence-corrected chi connectivity index (χ2v) is 5.76. The number of ether oxygens (including phenoxy) is 1. The van der Waals surface area contributed by atoms with E-state index in [0.29, 0.717) is 19.4 Å². The van der Waals surface area contributed by atoms with Crippen molar-refractivity contribution in [1.82, 2.24) is 4.90 Å². The van der Waals surface area contributed by atoms with Crippen LogP contribution < -0.4 is 4.74 Å². The van der Waals surface area contributed by atoms with Crippen LogP contribution in [0, 0.1) is 0 Å². The van der Waals surface area contributed by atoms with Crippen LogP contribution in [-0.2, 0) is 11.2 Å². The van der Waals surface area contributed by atoms with Crippen LogP contribution in [0.2, 0.25) is 0 Å². The monoisotopic (exact) mass is 277 g/mol. The number of nitrogens with zero attached hydrogens (tertiary/aromatic N) is 1. The summed E-state index contributed by atoms with van der Waals surface area (Å²) in [6.45, 7) is 3.22. The van der Waals surface area contributed by atoms with E-state index in [4.69, 9.17) is 4.74 Å². The van der Waals surface area contributed by atoms with E-state index in [9.17, 15) is 9.90 Å². The Kier molecular flexibility index (Phi) is 4.65. The molecule has 20 heavy (non-hydrogen) atoms. The molecule has 0 aromatic heterocycles. The molecule has 1 aromatic rings. The van der Waals surface area contributed by atoms with Gasteiger partial charge in [0.15, 0.2) is 0 Å². The number of likely N-dealkylation sites (tertiary alicyclic amines) is 1. The number of methoxy groups -OCH3 is 1. The molecule has 4 heteroatoms. The molecule has 0 aliphatic carbocycles. The van der Waals surface area contributed by atoms with Crippen LogP contribution in [0.5, 0.6) is 5.75 Å². The molecular formula is C16H23NO3. The van der Waals surface area contributed by atoms with E-state index >= 15 is 0 Å². The Morgan fingerprint density at radius 2 is 2.20 bits per heavy atom. The van der Waals surface area contributed by atoms with Gasteiger partial charge in [-0.3, -0.25) is 4.79 Å². The maximum Gasteiger partial charge on any atom is 0.226 e. The van der Waals surface area contributed by atoms with Crippen molar-refractivity contribution in [2.45, 2.75) is 38.2 Å². The average Bonchev–Trinajstić information content (AvgIpc) is 2.60. The Balaban J connectivity index is 1.97. The standard InChI is InChI=1S/C16H23NO3/c1-16(19)7-4-9-17(10-8-16)15(18)12-13-5-3-6-14(11-13)20-2/h3,5-6,11,19H,4,7-10,12H2,1-2H3. The summed E-state index contributed by atoms with van der Waals surface area (Å²) in [5.41, 5.74) is 0.329. The van der Waals surface area contributed by atoms with Crippen LogP contribution in [0.1, 0.15) is 31.7 Å². The van der Waals surface area contributed by atoms with Gasteiger partial charge < -0.3 is 14.7 Å². The van der Waals surface area contributed by atoms with Crippen LogP contribution in [0.15, 0.2) is 24.3 Å². The van der Waals surface area contributed by atoms with Crippen molar-refractivity contribution >= 4 is 5.91 Å². The number of amides is 1. The molecule has 110 valence electrons. The molecule has 1 aromatic carbocycles. The average molecular weight is 277 g/mol. The summed E-state index contributed by atoms with van der Waals surface area (Å²) >= 11 is 0. The zero-order valence-corrected chi connectivity index (χ0v) is 12.3. The Morgan fingerprint density at radius 1 is 1.40 bits per heavy atom. The number of carbonyl (C=O) groups excluding carboxylic acids is 1. The smallest absolute Gasteiger partial charge is 0.226 e. The Hall–Kier alpha value is -1.55. The Labute approximate surface area is 120 Å². The fraction of sp³-hybridized carbons (Fsp3) is 0.562. The zero-order chi connectivity index (χ0) is 14.6. The molecule has 0 saturated carbocycles. The minimum absolute atomic E-state index is 0.121. The third-order valence-electron chi connectivity index (χ3n) is 3.91. The summed E-state index contributed by atoms with van der Waals surface area (Å²) in [7, 11) is 1.62. The molecule has 0 spiro atoms. The number of hydrogen-bond donors (Lipinski definition) is 1. The van der Waals surface area contributed by atoms with Gasteiger partial charge in [0.1, 0.15) is 5.75 Å². The van der Waals surface area contributed by atoms with Crippen molar-refractivity contribution < 1.29 is 14.6 Å². The van der Waals surface area contributed by atoms with E-state index in [2.05, 4.69) is 0 Å². The molecule has 1 N–H and O–H groups in total. The SMILES string of the molecule is COc1cccc(CC(=O)N2CCCC(C)(O)CC2)c1. The van der Waals surface area contributed by atoms with Crippen molar-refractivity contribution in [3.63, 3.8) is 0 Å². The molecule has 1 aliphatic rings. The molecule has 2 rings (SSSR count). The van der Waals surface area contributed by atoms with Crippen LogP contribution >= 0.6 is 0 Å². The van der Waals surface area contributed by atoms with Gasteiger partial charge in [0.2, 0.25) is 5.91 Å². The highest BCUT2D eigenvalue weighted by Gasteiger charge is 2.26. The third kappa shape index (κ3) is 3.97. The molecule has 0 bridgehead atoms. The predicted molar refractivity (Wildman–Crippen MR) is 77.8 cm³/mol. The van der Waals surface area contributed by atoms with E-state index in [-0.39, 0.29) is 5.91 Å². The quantitative estimate of drug-likeness (QED) is 0.919. The van der Waals surface area contributed by atoms with E-state index < -0.39 is 5.60 Å². The lowest BCUT2D eigenvalue weighted by atomic mass is 9.98. The Bertz CT molecular complexity index is 471. The highest BCUT2D eigenvalue weighted by Crippen LogP contribution is 2.22. The number of benzene rings is 1. The lowest BCUT2D eigenvalue weighted by molar-refractivity contribution is -0.130. The zero-order valence-electron chi connectivity index (χ0n) is 12.3. The first-order chi connectivity index (χ1) is 9.50. The topological polar surface area (TPSA) is 49.8 Å². The largest absolute Gasteiger partial charge is 0.497 e. The number of rotatable bonds is 3. The lowest BCUT2D eigenvalue weighted by Crippen LogP contribution is -2.34. The van der Waals surface area contributed by atoms with Gasteiger partial charge in [-0.2, -0.15) is 0 Å². The van der Waals surface area contributed by atoms with Gasteiger partial charge in [-0.05, 0) is 43.9 Å². The second kappa shape index (κ2) is 6.27. The summed E-state index contributed by atoms with van der Waals surface area (Å²) in [5.74, 6) is 0.894. The first-order valence-corrected chi connectivity index (χ1v) is 7.13. The van der Waals surface area contributed by atoms with E-state index in [1.165, 1.54) is 0 Å². The molecule has 4 nitrogen and oxygen atoms in total. The summed E-state index contributed by atoms with van der Waals surface area (Å²) in [5, 5.41) is 10.1. The molecule has 1 fully saturated rings. The number of hydrogen-bond acceptors (Lipinski definition) is 3. The highest BCUT2D eigenvalue weighted by molar-refractivity contribution is 5.78. The van der Waals surface area contributed by atoms with Crippen LogP contribution in [-0.4, -0.2) is 41.7 Å². The highest BCUT2D eigenvalue weighted by atomic mass is 16.5. The normalized spacial score (nSPS) is 23.2. The van der Waals surface area contributed by atoms with Crippen molar-refractivity contribution in [2.75, 3.05) is 20.2 Å². The fourth-order valence-corrected chi connectivity index (χ4v) is 2.58. The van der Waals surface area contributed by atoms with Gasteiger partial charge >= 0.3 is 0 Å². The van der Waals surface area contributed by atoms with Crippen molar-refractivity contribution in [3.8, 4) is 5.75 Å². The van der Waals surface area contributed by atoms with Crippen LogP contribution in [0.4, 0.5) is 0 Å². The summed E-state index contributed by atoms with van der Waals surface area (Å²) in [6.07, 6.45) is 2.66. The molecule has 1 saturated heterocycles. The van der Waals surface area contributed by atoms with Gasteiger partial charge in [0.05, 0.1) is 19.1 Å². The van der Waals surface area contributed by atoms with Gasteiger partial charge in [-0.15, -0.1) is 0 Å². The summed E-state index contributed by atoms with van der Waals surface area (Å²) < 4.78 is 5.17. The minimum atomic E-state index is -0.634. The molecule has 1 atom stereocenters. The first kappa shape index (κ1) is 14.9. The second-order valence-electron chi connectivity index (χ2n) is 5.76. The van der Waals surface area contributed by atoms with Gasteiger partial charge in [0, 0.05) is 13.1 Å². The van der Waals surface area contributed by atoms with E-state index in [1.54, 1.807) is 7.11 Å². The summed E-state index contributed by atoms with van der Waals surface area (Å²) in [4.78, 5) is 14.2. The molecule has 1 aliphatic heterocycles. The van der Waals surface area contributed by atoms with Crippen LogP contribution in [0.25, 0.3) is 0 Å². The van der Waals surface area contributed by atoms with Crippen molar-refractivity contribution in [1.29, 1.82) is 0 Å². The van der Waals surface area contributed by atoms with Crippen molar-refractivity contribution in [3.05, 3.63) is 29.8 Å². The van der Waals surface area contributed by atoms with Gasteiger partial charge in [0.25, 0.3) is 0 Å². The fourth-order valence-electron chi connectivity index (χ4n) is 2.58. The van der Waals surface area contributed by atoms with Gasteiger partial charge in [-0.1, -0.05) is 12.1 Å². The number of aliphatic hydroxyl groups is 1. The lowest BCUT2D eigenvalue weighted by Gasteiger charge is -2.22. The maximum absolute atomic E-state index is 12.3. The van der Waals surface area contributed by atoms with Crippen LogP contribution in [0.3, 0.4) is 0 Å². The molecule has 1 amide bonds. The van der Waals surface area contributed by atoms with E-state index in [1.807, 2.05) is 36.1 Å². The molecule has 0 radical (unpaired) electrons. The van der Waals surface area contributed by atoms with Crippen molar-refractivity contribution in [2.24, 2.45) is 0 Å². The maximum atomic E-state index is 12.3. The first-order valence-electron chi connectivity index (χ1n) is 7.13. The predicted octanol–water partition coefficient (Wildman–Crippen LogP) is 2.00. The minimum Gasteiger partial charge on any atom is -0.497 e.